The number of rotatable bonds is 2. The lowest BCUT2D eigenvalue weighted by Gasteiger charge is -2.26. The van der Waals surface area contributed by atoms with Crippen molar-refractivity contribution in [1.29, 1.82) is 0 Å². The molecule has 4 heteroatoms. The first-order chi connectivity index (χ1) is 8.32. The normalized spacial score (nSPS) is 12.7. The number of benzene rings is 1. The lowest BCUT2D eigenvalue weighted by molar-refractivity contribution is -0.128. The van der Waals surface area contributed by atoms with Crippen LogP contribution >= 0.6 is 0 Å². The first kappa shape index (κ1) is 14.2. The summed E-state index contributed by atoms with van der Waals surface area (Å²) in [5.41, 5.74) is 5.24. The highest BCUT2D eigenvalue weighted by Crippen LogP contribution is 2.24. The number of hydrazine groups is 1. The molecule has 98 valence electrons. The van der Waals surface area contributed by atoms with E-state index in [0.717, 1.165) is 0 Å². The van der Waals surface area contributed by atoms with Gasteiger partial charge in [-0.15, -0.1) is 0 Å². The number of carbonyl (C=O) groups excluding carboxylic acids is 2. The highest BCUT2D eigenvalue weighted by molar-refractivity contribution is 5.95. The van der Waals surface area contributed by atoms with Crippen molar-refractivity contribution in [2.45, 2.75) is 27.7 Å². The van der Waals surface area contributed by atoms with Gasteiger partial charge in [0.2, 0.25) is 5.91 Å². The predicted octanol–water partition coefficient (Wildman–Crippen LogP) is 2.13. The van der Waals surface area contributed by atoms with Gasteiger partial charge in [-0.25, -0.2) is 0 Å². The van der Waals surface area contributed by atoms with Gasteiger partial charge in [0.1, 0.15) is 0 Å². The number of amides is 2. The summed E-state index contributed by atoms with van der Waals surface area (Å²) in [6.07, 6.45) is 0. The van der Waals surface area contributed by atoms with Gasteiger partial charge in [-0.2, -0.15) is 0 Å². The molecular formula is C14H20N2O2. The Hall–Kier alpha value is -1.84. The molecule has 1 rings (SSSR count). The summed E-state index contributed by atoms with van der Waals surface area (Å²) in [6.45, 7) is 7.78. The molecule has 2 amide bonds. The quantitative estimate of drug-likeness (QED) is 0.788. The Morgan fingerprint density at radius 2 is 1.61 bits per heavy atom. The van der Waals surface area contributed by atoms with Crippen molar-refractivity contribution in [3.05, 3.63) is 35.9 Å². The van der Waals surface area contributed by atoms with E-state index in [0.29, 0.717) is 5.56 Å². The van der Waals surface area contributed by atoms with Crippen LogP contribution in [-0.2, 0) is 4.79 Å². The van der Waals surface area contributed by atoms with Crippen LogP contribution in [0.25, 0.3) is 0 Å². The molecule has 0 aliphatic carbocycles. The summed E-state index contributed by atoms with van der Waals surface area (Å²) in [5.74, 6) is -0.689. The van der Waals surface area contributed by atoms with Crippen LogP contribution < -0.4 is 10.9 Å². The van der Waals surface area contributed by atoms with E-state index in [4.69, 9.17) is 0 Å². The van der Waals surface area contributed by atoms with Crippen LogP contribution in [0.4, 0.5) is 0 Å². The van der Waals surface area contributed by atoms with E-state index in [9.17, 15) is 9.59 Å². The Kier molecular flexibility index (Phi) is 4.48. The topological polar surface area (TPSA) is 58.2 Å². The Morgan fingerprint density at radius 1 is 1.06 bits per heavy atom. The van der Waals surface area contributed by atoms with Crippen LogP contribution in [-0.4, -0.2) is 11.8 Å². The molecule has 1 aromatic rings. The van der Waals surface area contributed by atoms with Crippen molar-refractivity contribution in [1.82, 2.24) is 10.9 Å². The molecule has 0 fully saturated rings. The molecule has 0 aromatic heterocycles. The minimum atomic E-state index is -0.315. The lowest BCUT2D eigenvalue weighted by Crippen LogP contribution is -2.46. The van der Waals surface area contributed by atoms with Gasteiger partial charge in [-0.3, -0.25) is 20.4 Å². The van der Waals surface area contributed by atoms with Gasteiger partial charge in [0, 0.05) is 11.5 Å². The minimum Gasteiger partial charge on any atom is -0.273 e. The van der Waals surface area contributed by atoms with Crippen molar-refractivity contribution >= 4 is 11.8 Å². The second-order valence-corrected chi connectivity index (χ2v) is 5.40. The zero-order valence-electron chi connectivity index (χ0n) is 11.3. The van der Waals surface area contributed by atoms with E-state index in [1.165, 1.54) is 0 Å². The van der Waals surface area contributed by atoms with Gasteiger partial charge < -0.3 is 0 Å². The van der Waals surface area contributed by atoms with Crippen molar-refractivity contribution in [2.24, 2.45) is 11.3 Å². The maximum Gasteiger partial charge on any atom is 0.269 e. The molecule has 1 unspecified atom stereocenters. The molecule has 4 nitrogen and oxygen atoms in total. The van der Waals surface area contributed by atoms with Gasteiger partial charge in [-0.05, 0) is 17.5 Å². The van der Waals surface area contributed by atoms with Crippen LogP contribution in [0.3, 0.4) is 0 Å². The molecular weight excluding hydrogens is 228 g/mol. The van der Waals surface area contributed by atoms with Gasteiger partial charge in [0.15, 0.2) is 0 Å². The van der Waals surface area contributed by atoms with E-state index < -0.39 is 0 Å². The highest BCUT2D eigenvalue weighted by Gasteiger charge is 2.26. The molecule has 0 aliphatic heterocycles. The fourth-order valence-electron chi connectivity index (χ4n) is 1.28. The molecule has 0 saturated heterocycles. The van der Waals surface area contributed by atoms with Crippen LogP contribution in [0.5, 0.6) is 0 Å². The van der Waals surface area contributed by atoms with Crippen molar-refractivity contribution in [3.63, 3.8) is 0 Å². The summed E-state index contributed by atoms with van der Waals surface area (Å²) < 4.78 is 0. The number of nitrogens with one attached hydrogen (secondary N) is 2. The smallest absolute Gasteiger partial charge is 0.269 e. The molecule has 1 aromatic carbocycles. The van der Waals surface area contributed by atoms with Crippen LogP contribution in [0, 0.1) is 11.3 Å². The molecule has 2 N–H and O–H groups in total. The van der Waals surface area contributed by atoms with Gasteiger partial charge in [0.25, 0.3) is 5.91 Å². The maximum atomic E-state index is 11.8. The Morgan fingerprint density at radius 3 is 2.11 bits per heavy atom. The summed E-state index contributed by atoms with van der Waals surface area (Å²) in [5, 5.41) is 0. The largest absolute Gasteiger partial charge is 0.273 e. The van der Waals surface area contributed by atoms with E-state index in [-0.39, 0.29) is 23.1 Å². The third-order valence-corrected chi connectivity index (χ3v) is 3.03. The van der Waals surface area contributed by atoms with Crippen LogP contribution in [0.15, 0.2) is 30.3 Å². The average Bonchev–Trinajstić information content (AvgIpc) is 2.34. The molecule has 1 atom stereocenters. The number of hydrogen-bond acceptors (Lipinski definition) is 2. The predicted molar refractivity (Wildman–Crippen MR) is 70.7 cm³/mol. The number of hydrogen-bond donors (Lipinski definition) is 2. The molecule has 18 heavy (non-hydrogen) atoms. The molecule has 0 aliphatic rings. The first-order valence-corrected chi connectivity index (χ1v) is 5.97. The average molecular weight is 248 g/mol. The fraction of sp³-hybridized carbons (Fsp3) is 0.429. The van der Waals surface area contributed by atoms with Gasteiger partial charge in [-0.1, -0.05) is 45.9 Å². The molecule has 0 spiro atoms. The van der Waals surface area contributed by atoms with Crippen LogP contribution in [0.2, 0.25) is 0 Å². The monoisotopic (exact) mass is 248 g/mol. The fourth-order valence-corrected chi connectivity index (χ4v) is 1.28. The molecule has 0 saturated carbocycles. The Labute approximate surface area is 108 Å². The van der Waals surface area contributed by atoms with E-state index in [1.54, 1.807) is 24.3 Å². The van der Waals surface area contributed by atoms with E-state index >= 15 is 0 Å². The Bertz CT molecular complexity index is 421. The zero-order chi connectivity index (χ0) is 13.8. The minimum absolute atomic E-state index is 0.137. The highest BCUT2D eigenvalue weighted by atomic mass is 16.2. The summed E-state index contributed by atoms with van der Waals surface area (Å²) in [6, 6.07) is 8.75. The van der Waals surface area contributed by atoms with Gasteiger partial charge >= 0.3 is 0 Å². The van der Waals surface area contributed by atoms with Gasteiger partial charge in [0.05, 0.1) is 0 Å². The standard InChI is InChI=1S/C14H20N2O2/c1-10(14(2,3)4)12(17)15-16-13(18)11-8-6-5-7-9-11/h5-10H,1-4H3,(H,15,17)(H,16,18). The Balaban J connectivity index is 2.52. The zero-order valence-corrected chi connectivity index (χ0v) is 11.3. The third kappa shape index (κ3) is 3.87. The van der Waals surface area contributed by atoms with Crippen molar-refractivity contribution in [3.8, 4) is 0 Å². The summed E-state index contributed by atoms with van der Waals surface area (Å²) >= 11 is 0. The number of carbonyl (C=O) groups is 2. The van der Waals surface area contributed by atoms with E-state index in [1.807, 2.05) is 33.8 Å². The van der Waals surface area contributed by atoms with Crippen molar-refractivity contribution < 1.29 is 9.59 Å². The second-order valence-electron chi connectivity index (χ2n) is 5.40. The first-order valence-electron chi connectivity index (χ1n) is 5.97. The summed E-state index contributed by atoms with van der Waals surface area (Å²) in [4.78, 5) is 23.5. The lowest BCUT2D eigenvalue weighted by atomic mass is 9.82. The molecule has 0 radical (unpaired) electrons. The summed E-state index contributed by atoms with van der Waals surface area (Å²) in [7, 11) is 0. The molecule has 0 heterocycles. The maximum absolute atomic E-state index is 11.8. The van der Waals surface area contributed by atoms with E-state index in [2.05, 4.69) is 10.9 Å². The molecule has 0 bridgehead atoms. The third-order valence-electron chi connectivity index (χ3n) is 3.03. The SMILES string of the molecule is CC(C(=O)NNC(=O)c1ccccc1)C(C)(C)C. The second kappa shape index (κ2) is 5.67. The van der Waals surface area contributed by atoms with Crippen LogP contribution in [0.1, 0.15) is 38.1 Å². The van der Waals surface area contributed by atoms with Crippen molar-refractivity contribution in [2.75, 3.05) is 0 Å².